The number of ether oxygens (including phenoxy) is 5. The number of rotatable bonds is 6. The lowest BCUT2D eigenvalue weighted by Crippen LogP contribution is -2.68. The number of ketones is 1. The number of hydrogen-bond acceptors (Lipinski definition) is 16. The maximum Gasteiger partial charge on any atom is 0.355 e. The third-order valence-electron chi connectivity index (χ3n) is 7.59. The molecule has 0 aliphatic carbocycles. The highest BCUT2D eigenvalue weighted by Gasteiger charge is 2.56. The van der Waals surface area contributed by atoms with Gasteiger partial charge in [-0.15, -0.1) is 0 Å². The fourth-order valence-electron chi connectivity index (χ4n) is 5.11. The standard InChI is InChI=1S/C27H32O16/c1-9-20(32)22(34)24(36)26(40-9)39-8-18-21(33)23(35)25(37)27(38,43-18)42-11-5-14(30)19-15(31)7-16(41-17(19)6-11)10-2-3-12(28)13(29)4-10/h2-6,9,16,18,20-26,28-30,32-38H,7-8H2,1H3/t9-,16-,18?,20-,21+,22?,23-,24?,25?,26+,27-/m0/s1. The molecular formula is C27H32O16. The molecule has 2 aromatic rings. The topological polar surface area (TPSA) is 266 Å². The van der Waals surface area contributed by atoms with Crippen molar-refractivity contribution < 1.29 is 79.5 Å². The lowest BCUT2D eigenvalue weighted by atomic mass is 9.95. The lowest BCUT2D eigenvalue weighted by molar-refractivity contribution is -0.426. The van der Waals surface area contributed by atoms with Crippen molar-refractivity contribution in [3.63, 3.8) is 0 Å². The first-order valence-corrected chi connectivity index (χ1v) is 13.2. The smallest absolute Gasteiger partial charge is 0.355 e. The van der Waals surface area contributed by atoms with Crippen LogP contribution >= 0.6 is 0 Å². The van der Waals surface area contributed by atoms with Crippen LogP contribution in [0.3, 0.4) is 0 Å². The number of phenolic OH excluding ortho intramolecular Hbond substituents is 3. The van der Waals surface area contributed by atoms with E-state index >= 15 is 0 Å². The number of phenols is 3. The maximum atomic E-state index is 12.8. The number of hydrogen-bond donors (Lipinski definition) is 10. The van der Waals surface area contributed by atoms with E-state index in [0.717, 1.165) is 12.1 Å². The number of carbonyl (C=O) groups excluding carboxylic acids is 1. The summed E-state index contributed by atoms with van der Waals surface area (Å²) in [5, 5.41) is 102. The average molecular weight is 613 g/mol. The molecule has 16 heteroatoms. The number of benzene rings is 2. The van der Waals surface area contributed by atoms with Gasteiger partial charge in [0.15, 0.2) is 29.7 Å². The number of aromatic hydroxyl groups is 3. The van der Waals surface area contributed by atoms with Crippen LogP contribution in [0.4, 0.5) is 0 Å². The van der Waals surface area contributed by atoms with Crippen LogP contribution in [0, 0.1) is 0 Å². The van der Waals surface area contributed by atoms with Crippen molar-refractivity contribution in [2.75, 3.05) is 6.61 Å². The van der Waals surface area contributed by atoms with Crippen LogP contribution in [0.25, 0.3) is 0 Å². The number of aliphatic hydroxyl groups excluding tert-OH is 6. The molecule has 3 heterocycles. The van der Waals surface area contributed by atoms with Crippen LogP contribution in [0.15, 0.2) is 30.3 Å². The Morgan fingerprint density at radius 1 is 0.884 bits per heavy atom. The highest BCUT2D eigenvalue weighted by molar-refractivity contribution is 6.02. The Morgan fingerprint density at radius 3 is 2.30 bits per heavy atom. The van der Waals surface area contributed by atoms with Crippen molar-refractivity contribution in [3.8, 4) is 28.7 Å². The third-order valence-corrected chi connectivity index (χ3v) is 7.59. The molecule has 0 radical (unpaired) electrons. The molecule has 0 spiro atoms. The zero-order valence-electron chi connectivity index (χ0n) is 22.5. The molecule has 2 fully saturated rings. The van der Waals surface area contributed by atoms with E-state index in [0.29, 0.717) is 5.56 Å². The van der Waals surface area contributed by atoms with Gasteiger partial charge in [-0.05, 0) is 24.6 Å². The molecule has 2 aromatic carbocycles. The second-order valence-electron chi connectivity index (χ2n) is 10.6. The summed E-state index contributed by atoms with van der Waals surface area (Å²) in [5.74, 6) is -5.65. The van der Waals surface area contributed by atoms with Gasteiger partial charge in [-0.3, -0.25) is 4.79 Å². The van der Waals surface area contributed by atoms with E-state index in [2.05, 4.69) is 0 Å². The van der Waals surface area contributed by atoms with Gasteiger partial charge in [0.2, 0.25) is 0 Å². The quantitative estimate of drug-likeness (QED) is 0.123. The number of carbonyl (C=O) groups is 1. The van der Waals surface area contributed by atoms with Gasteiger partial charge in [-0.2, -0.15) is 0 Å². The Balaban J connectivity index is 1.34. The normalized spacial score (nSPS) is 37.8. The minimum Gasteiger partial charge on any atom is -0.507 e. The van der Waals surface area contributed by atoms with E-state index in [4.69, 9.17) is 23.7 Å². The minimum absolute atomic E-state index is 0.198. The van der Waals surface area contributed by atoms with Crippen LogP contribution in [-0.4, -0.2) is 125 Å². The summed E-state index contributed by atoms with van der Waals surface area (Å²) < 4.78 is 27.3. The van der Waals surface area contributed by atoms with Gasteiger partial charge in [0.05, 0.1) is 19.1 Å². The number of Topliss-reactive ketones (excluding diaryl/α,β-unsaturated/α-hetero) is 1. The van der Waals surface area contributed by atoms with E-state index in [-0.39, 0.29) is 23.5 Å². The zero-order valence-corrected chi connectivity index (χ0v) is 22.5. The average Bonchev–Trinajstić information content (AvgIpc) is 2.95. The Labute approximate surface area is 243 Å². The predicted molar refractivity (Wildman–Crippen MR) is 137 cm³/mol. The molecule has 10 N–H and O–H groups in total. The molecule has 2 saturated heterocycles. The molecule has 3 aliphatic heterocycles. The van der Waals surface area contributed by atoms with Crippen LogP contribution < -0.4 is 9.47 Å². The van der Waals surface area contributed by atoms with Gasteiger partial charge in [0, 0.05) is 12.1 Å². The highest BCUT2D eigenvalue weighted by Crippen LogP contribution is 2.44. The van der Waals surface area contributed by atoms with Crippen molar-refractivity contribution in [1.82, 2.24) is 0 Å². The summed E-state index contributed by atoms with van der Waals surface area (Å²) in [4.78, 5) is 12.8. The summed E-state index contributed by atoms with van der Waals surface area (Å²) in [7, 11) is 0. The second kappa shape index (κ2) is 11.7. The molecule has 5 rings (SSSR count). The van der Waals surface area contributed by atoms with Crippen LogP contribution in [0.5, 0.6) is 28.7 Å². The molecule has 0 bridgehead atoms. The molecule has 43 heavy (non-hydrogen) atoms. The van der Waals surface area contributed by atoms with Gasteiger partial charge in [0.1, 0.15) is 65.5 Å². The Hall–Kier alpha value is -3.29. The van der Waals surface area contributed by atoms with Gasteiger partial charge in [-0.25, -0.2) is 0 Å². The SMILES string of the molecule is C[C@@H]1O[C@@H](OCC2O[C@@](O)(Oc3cc(O)c4c(c3)O[C@H](c3ccc(O)c(O)c3)CC4=O)C(O)[C@@H](O)[C@@H]2O)C(O)C(O)[C@H]1O. The minimum atomic E-state index is -3.07. The van der Waals surface area contributed by atoms with Gasteiger partial charge >= 0.3 is 5.97 Å². The van der Waals surface area contributed by atoms with Crippen molar-refractivity contribution in [1.29, 1.82) is 0 Å². The predicted octanol–water partition coefficient (Wildman–Crippen LogP) is -2.14. The fourth-order valence-corrected chi connectivity index (χ4v) is 5.11. The molecule has 11 atom stereocenters. The van der Waals surface area contributed by atoms with Crippen LogP contribution in [-0.2, 0) is 14.2 Å². The molecule has 16 nitrogen and oxygen atoms in total. The molecule has 3 aliphatic rings. The van der Waals surface area contributed by atoms with Crippen molar-refractivity contribution in [3.05, 3.63) is 41.5 Å². The molecule has 4 unspecified atom stereocenters. The summed E-state index contributed by atoms with van der Waals surface area (Å²) in [5.41, 5.74) is 0.117. The number of aliphatic hydroxyl groups is 7. The summed E-state index contributed by atoms with van der Waals surface area (Å²) in [6.07, 6.45) is -16.2. The zero-order chi connectivity index (χ0) is 31.4. The van der Waals surface area contributed by atoms with Crippen molar-refractivity contribution >= 4 is 5.78 Å². The second-order valence-corrected chi connectivity index (χ2v) is 10.6. The fraction of sp³-hybridized carbons (Fsp3) is 0.519. The monoisotopic (exact) mass is 612 g/mol. The van der Waals surface area contributed by atoms with Crippen molar-refractivity contribution in [2.24, 2.45) is 0 Å². The maximum absolute atomic E-state index is 12.8. The first kappa shape index (κ1) is 31.1. The lowest BCUT2D eigenvalue weighted by Gasteiger charge is -2.45. The third kappa shape index (κ3) is 5.82. The summed E-state index contributed by atoms with van der Waals surface area (Å²) >= 11 is 0. The van der Waals surface area contributed by atoms with Gasteiger partial charge in [0.25, 0.3) is 0 Å². The van der Waals surface area contributed by atoms with E-state index in [1.54, 1.807) is 0 Å². The summed E-state index contributed by atoms with van der Waals surface area (Å²) in [6, 6.07) is 5.84. The first-order valence-electron chi connectivity index (χ1n) is 13.2. The number of fused-ring (bicyclic) bond motifs is 1. The Kier molecular flexibility index (Phi) is 8.45. The highest BCUT2D eigenvalue weighted by atomic mass is 16.8. The molecule has 0 saturated carbocycles. The van der Waals surface area contributed by atoms with Crippen molar-refractivity contribution in [2.45, 2.75) is 80.5 Å². The molecular weight excluding hydrogens is 580 g/mol. The van der Waals surface area contributed by atoms with E-state index in [9.17, 15) is 55.9 Å². The van der Waals surface area contributed by atoms with E-state index < -0.39 is 96.8 Å². The van der Waals surface area contributed by atoms with Crippen LogP contribution in [0.2, 0.25) is 0 Å². The van der Waals surface area contributed by atoms with E-state index in [1.165, 1.54) is 25.1 Å². The summed E-state index contributed by atoms with van der Waals surface area (Å²) in [6.45, 7) is 0.735. The van der Waals surface area contributed by atoms with Gasteiger partial charge < -0.3 is 74.7 Å². The Bertz CT molecular complexity index is 1350. The molecule has 0 aromatic heterocycles. The first-order chi connectivity index (χ1) is 20.2. The Morgan fingerprint density at radius 2 is 1.60 bits per heavy atom. The molecule has 0 amide bonds. The van der Waals surface area contributed by atoms with Gasteiger partial charge in [-0.1, -0.05) is 6.07 Å². The molecule has 236 valence electrons. The largest absolute Gasteiger partial charge is 0.507 e. The van der Waals surface area contributed by atoms with E-state index in [1.807, 2.05) is 0 Å². The van der Waals surface area contributed by atoms with Crippen LogP contribution in [0.1, 0.15) is 35.4 Å².